The molecule has 0 fully saturated rings. The fourth-order valence-corrected chi connectivity index (χ4v) is 1.75. The number of halogens is 1. The van der Waals surface area contributed by atoms with Crippen molar-refractivity contribution in [2.45, 2.75) is 6.92 Å². The zero-order chi connectivity index (χ0) is 11.0. The summed E-state index contributed by atoms with van der Waals surface area (Å²) in [6.07, 6.45) is 1.77. The molecule has 4 nitrogen and oxygen atoms in total. The number of ketones is 1. The number of nitrogens with two attached hydrogens (primary N) is 1. The summed E-state index contributed by atoms with van der Waals surface area (Å²) in [5.74, 6) is 0.689. The molecule has 15 heavy (non-hydrogen) atoms. The molecule has 2 aromatic rings. The van der Waals surface area contributed by atoms with Crippen LogP contribution in [0.25, 0.3) is 5.52 Å². The lowest BCUT2D eigenvalue weighted by Crippen LogP contribution is -2.13. The number of Topliss-reactive ketones (excluding diaryl/α,β-unsaturated/α-hetero) is 1. The van der Waals surface area contributed by atoms with Gasteiger partial charge >= 0.3 is 0 Å². The van der Waals surface area contributed by atoms with Gasteiger partial charge in [-0.05, 0) is 19.1 Å². The Morgan fingerprint density at radius 3 is 3.07 bits per heavy atom. The standard InChI is InChI=1S/C10H10ClN3O/c1-6-13-10(11)8-4-7(9(15)5-12)2-3-14(6)8/h2-4H,5,12H2,1H3. The van der Waals surface area contributed by atoms with Gasteiger partial charge in [-0.1, -0.05) is 11.6 Å². The van der Waals surface area contributed by atoms with E-state index in [1.165, 1.54) is 0 Å². The number of nitrogens with zero attached hydrogens (tertiary/aromatic N) is 2. The minimum Gasteiger partial charge on any atom is -0.324 e. The Morgan fingerprint density at radius 2 is 2.40 bits per heavy atom. The highest BCUT2D eigenvalue weighted by Gasteiger charge is 2.09. The van der Waals surface area contributed by atoms with E-state index in [2.05, 4.69) is 4.98 Å². The van der Waals surface area contributed by atoms with Gasteiger partial charge in [-0.25, -0.2) is 4.98 Å². The predicted octanol–water partition coefficient (Wildman–Crippen LogP) is 1.44. The SMILES string of the molecule is Cc1nc(Cl)c2cc(C(=O)CN)ccn12. The zero-order valence-corrected chi connectivity index (χ0v) is 8.95. The first kappa shape index (κ1) is 10.1. The molecular formula is C10H10ClN3O. The van der Waals surface area contributed by atoms with Gasteiger partial charge in [0, 0.05) is 11.8 Å². The first-order valence-corrected chi connectivity index (χ1v) is 4.88. The first-order valence-electron chi connectivity index (χ1n) is 4.51. The third kappa shape index (κ3) is 1.62. The van der Waals surface area contributed by atoms with Gasteiger partial charge < -0.3 is 10.1 Å². The molecule has 2 aromatic heterocycles. The van der Waals surface area contributed by atoms with Crippen molar-refractivity contribution in [3.05, 3.63) is 34.9 Å². The molecule has 5 heteroatoms. The summed E-state index contributed by atoms with van der Waals surface area (Å²) in [5, 5.41) is 0.402. The molecule has 0 aliphatic heterocycles. The van der Waals surface area contributed by atoms with Crippen molar-refractivity contribution in [3.63, 3.8) is 0 Å². The first-order chi connectivity index (χ1) is 7.13. The predicted molar refractivity (Wildman–Crippen MR) is 58.3 cm³/mol. The molecule has 0 aliphatic rings. The topological polar surface area (TPSA) is 60.4 Å². The van der Waals surface area contributed by atoms with E-state index in [1.54, 1.807) is 18.3 Å². The second-order valence-electron chi connectivity index (χ2n) is 3.25. The minimum atomic E-state index is -0.104. The Bertz CT molecular complexity index is 533. The largest absolute Gasteiger partial charge is 0.324 e. The molecule has 0 spiro atoms. The fourth-order valence-electron chi connectivity index (χ4n) is 1.49. The molecular weight excluding hydrogens is 214 g/mol. The fraction of sp³-hybridized carbons (Fsp3) is 0.200. The summed E-state index contributed by atoms with van der Waals surface area (Å²) in [6.45, 7) is 1.85. The van der Waals surface area contributed by atoms with Crippen molar-refractivity contribution in [3.8, 4) is 0 Å². The van der Waals surface area contributed by atoms with Gasteiger partial charge in [0.2, 0.25) is 0 Å². The van der Waals surface area contributed by atoms with E-state index in [4.69, 9.17) is 17.3 Å². The number of carbonyl (C=O) groups is 1. The smallest absolute Gasteiger partial charge is 0.176 e. The van der Waals surface area contributed by atoms with Crippen LogP contribution in [-0.4, -0.2) is 21.7 Å². The molecule has 0 unspecified atom stereocenters. The number of aryl methyl sites for hydroxylation is 1. The molecule has 0 saturated carbocycles. The third-order valence-electron chi connectivity index (χ3n) is 2.28. The van der Waals surface area contributed by atoms with Crippen LogP contribution >= 0.6 is 11.6 Å². The maximum atomic E-state index is 11.4. The van der Waals surface area contributed by atoms with Gasteiger partial charge in [0.05, 0.1) is 12.1 Å². The van der Waals surface area contributed by atoms with E-state index in [1.807, 2.05) is 11.3 Å². The van der Waals surface area contributed by atoms with Gasteiger partial charge in [0.25, 0.3) is 0 Å². The number of hydrogen-bond donors (Lipinski definition) is 1. The normalized spacial score (nSPS) is 10.9. The Labute approximate surface area is 91.7 Å². The molecule has 0 bridgehead atoms. The van der Waals surface area contributed by atoms with Crippen molar-refractivity contribution in [1.82, 2.24) is 9.38 Å². The van der Waals surface area contributed by atoms with E-state index in [-0.39, 0.29) is 12.3 Å². The zero-order valence-electron chi connectivity index (χ0n) is 8.20. The number of fused-ring (bicyclic) bond motifs is 1. The molecule has 2 heterocycles. The van der Waals surface area contributed by atoms with Crippen LogP contribution in [0.2, 0.25) is 5.15 Å². The molecule has 0 aliphatic carbocycles. The van der Waals surface area contributed by atoms with Gasteiger partial charge in [-0.15, -0.1) is 0 Å². The maximum absolute atomic E-state index is 11.4. The highest BCUT2D eigenvalue weighted by Crippen LogP contribution is 2.19. The summed E-state index contributed by atoms with van der Waals surface area (Å²) < 4.78 is 1.83. The minimum absolute atomic E-state index is 0.000904. The van der Waals surface area contributed by atoms with E-state index < -0.39 is 0 Å². The van der Waals surface area contributed by atoms with Crippen molar-refractivity contribution < 1.29 is 4.79 Å². The van der Waals surface area contributed by atoms with Gasteiger partial charge in [-0.3, -0.25) is 4.79 Å². The van der Waals surface area contributed by atoms with Gasteiger partial charge in [0.1, 0.15) is 5.82 Å². The van der Waals surface area contributed by atoms with Crippen LogP contribution in [0, 0.1) is 6.92 Å². The van der Waals surface area contributed by atoms with E-state index >= 15 is 0 Å². The number of imidazole rings is 1. The lowest BCUT2D eigenvalue weighted by Gasteiger charge is -2.00. The highest BCUT2D eigenvalue weighted by molar-refractivity contribution is 6.32. The van der Waals surface area contributed by atoms with Crippen LogP contribution in [0.3, 0.4) is 0 Å². The van der Waals surface area contributed by atoms with Crippen LogP contribution in [-0.2, 0) is 0 Å². The van der Waals surface area contributed by atoms with Crippen LogP contribution in [0.15, 0.2) is 18.3 Å². The number of rotatable bonds is 2. The Kier molecular flexibility index (Phi) is 2.46. The summed E-state index contributed by atoms with van der Waals surface area (Å²) in [5.41, 5.74) is 6.58. The quantitative estimate of drug-likeness (QED) is 0.784. The monoisotopic (exact) mass is 223 g/mol. The Balaban J connectivity index is 2.65. The van der Waals surface area contributed by atoms with Crippen LogP contribution in [0.1, 0.15) is 16.2 Å². The Morgan fingerprint density at radius 1 is 1.67 bits per heavy atom. The van der Waals surface area contributed by atoms with Crippen molar-refractivity contribution in [2.24, 2.45) is 5.73 Å². The van der Waals surface area contributed by atoms with Crippen LogP contribution < -0.4 is 5.73 Å². The van der Waals surface area contributed by atoms with Crippen molar-refractivity contribution in [1.29, 1.82) is 0 Å². The summed E-state index contributed by atoms with van der Waals surface area (Å²) in [6, 6.07) is 3.42. The third-order valence-corrected chi connectivity index (χ3v) is 2.56. The number of aromatic nitrogens is 2. The Hall–Kier alpha value is -1.39. The average Bonchev–Trinajstić information content (AvgIpc) is 2.53. The van der Waals surface area contributed by atoms with Gasteiger partial charge in [-0.2, -0.15) is 0 Å². The lowest BCUT2D eigenvalue weighted by molar-refractivity contribution is 0.100. The summed E-state index contributed by atoms with van der Waals surface area (Å²) in [4.78, 5) is 15.5. The second-order valence-corrected chi connectivity index (χ2v) is 3.61. The summed E-state index contributed by atoms with van der Waals surface area (Å²) in [7, 11) is 0. The molecule has 0 radical (unpaired) electrons. The van der Waals surface area contributed by atoms with Crippen molar-refractivity contribution >= 4 is 22.9 Å². The molecule has 0 atom stereocenters. The molecule has 0 amide bonds. The lowest BCUT2D eigenvalue weighted by atomic mass is 10.1. The average molecular weight is 224 g/mol. The van der Waals surface area contributed by atoms with E-state index in [0.29, 0.717) is 10.7 Å². The molecule has 2 rings (SSSR count). The van der Waals surface area contributed by atoms with Crippen LogP contribution in [0.5, 0.6) is 0 Å². The van der Waals surface area contributed by atoms with E-state index in [0.717, 1.165) is 11.3 Å². The number of hydrogen-bond acceptors (Lipinski definition) is 3. The van der Waals surface area contributed by atoms with Crippen molar-refractivity contribution in [2.75, 3.05) is 6.54 Å². The molecule has 78 valence electrons. The number of pyridine rings is 1. The molecule has 0 saturated heterocycles. The molecule has 0 aromatic carbocycles. The van der Waals surface area contributed by atoms with Crippen LogP contribution in [0.4, 0.5) is 0 Å². The maximum Gasteiger partial charge on any atom is 0.176 e. The van der Waals surface area contributed by atoms with E-state index in [9.17, 15) is 4.79 Å². The van der Waals surface area contributed by atoms with Gasteiger partial charge in [0.15, 0.2) is 10.9 Å². The summed E-state index contributed by atoms with van der Waals surface area (Å²) >= 11 is 5.92. The highest BCUT2D eigenvalue weighted by atomic mass is 35.5. The second kappa shape index (κ2) is 3.64. The number of carbonyl (C=O) groups excluding carboxylic acids is 1. The molecule has 2 N–H and O–H groups in total.